The molecule has 3 aromatic rings. The maximum atomic E-state index is 13.2. The number of amides is 2. The lowest BCUT2D eigenvalue weighted by atomic mass is 10.0. The number of halogens is 1. The van der Waals surface area contributed by atoms with Crippen LogP contribution in [0.5, 0.6) is 0 Å². The molecule has 0 saturated heterocycles. The predicted octanol–water partition coefficient (Wildman–Crippen LogP) is 4.41. The van der Waals surface area contributed by atoms with E-state index in [4.69, 9.17) is 31.8 Å². The van der Waals surface area contributed by atoms with Gasteiger partial charge in [-0.1, -0.05) is 23.7 Å². The van der Waals surface area contributed by atoms with Crippen molar-refractivity contribution in [3.05, 3.63) is 58.9 Å². The average molecular weight is 562 g/mol. The van der Waals surface area contributed by atoms with Crippen LogP contribution in [0.1, 0.15) is 37.8 Å². The van der Waals surface area contributed by atoms with E-state index in [-0.39, 0.29) is 28.2 Å². The molecule has 0 aliphatic carbocycles. The quantitative estimate of drug-likeness (QED) is 0.301. The highest BCUT2D eigenvalue weighted by Gasteiger charge is 2.49. The molecule has 13 heteroatoms. The number of pyridine rings is 1. The van der Waals surface area contributed by atoms with Gasteiger partial charge in [0.1, 0.15) is 17.3 Å². The minimum atomic E-state index is -3.62. The van der Waals surface area contributed by atoms with Gasteiger partial charge in [-0.2, -0.15) is 15.0 Å². The van der Waals surface area contributed by atoms with Gasteiger partial charge in [0, 0.05) is 26.2 Å². The summed E-state index contributed by atoms with van der Waals surface area (Å²) in [6.07, 6.45) is 1.90. The fourth-order valence-electron chi connectivity index (χ4n) is 4.44. The summed E-state index contributed by atoms with van der Waals surface area (Å²) in [6, 6.07) is 9.38. The lowest BCUT2D eigenvalue weighted by Gasteiger charge is -2.34. The van der Waals surface area contributed by atoms with Crippen molar-refractivity contribution >= 4 is 50.7 Å². The number of nitrogens with two attached hydrogens (primary N) is 1. The molecular weight excluding hydrogens is 532 g/mol. The van der Waals surface area contributed by atoms with Crippen LogP contribution in [0.2, 0.25) is 5.02 Å². The zero-order chi connectivity index (χ0) is 27.7. The van der Waals surface area contributed by atoms with E-state index in [1.165, 1.54) is 26.5 Å². The highest BCUT2D eigenvalue weighted by atomic mass is 35.5. The molecule has 0 radical (unpaired) electrons. The van der Waals surface area contributed by atoms with Crippen LogP contribution >= 0.6 is 11.6 Å². The number of ether oxygens (including phenoxy) is 2. The average Bonchev–Trinajstić information content (AvgIpc) is 2.90. The fraction of sp³-hybridized carbons (Fsp3) is 0.360. The Hall–Kier alpha value is -3.16. The highest BCUT2D eigenvalue weighted by Crippen LogP contribution is 2.40. The van der Waals surface area contributed by atoms with E-state index in [1.54, 1.807) is 38.1 Å². The van der Waals surface area contributed by atoms with Crippen molar-refractivity contribution in [1.82, 2.24) is 19.4 Å². The lowest BCUT2D eigenvalue weighted by molar-refractivity contribution is -0.108. The molecule has 3 N–H and O–H groups in total. The smallest absolute Gasteiger partial charge is 0.350 e. The first-order valence-electron chi connectivity index (χ1n) is 11.9. The molecule has 1 unspecified atom stereocenters. The molecule has 3 heterocycles. The Morgan fingerprint density at radius 2 is 1.84 bits per heavy atom. The normalized spacial score (nSPS) is 17.4. The molecular formula is C25H30ClN6O5S+. The van der Waals surface area contributed by atoms with Crippen molar-refractivity contribution in [3.63, 3.8) is 0 Å². The van der Waals surface area contributed by atoms with Crippen LogP contribution in [0.4, 0.5) is 28.1 Å². The van der Waals surface area contributed by atoms with Gasteiger partial charge in [-0.05, 0) is 44.5 Å². The van der Waals surface area contributed by atoms with Crippen LogP contribution in [0.25, 0.3) is 0 Å². The number of urea groups is 1. The Bertz CT molecular complexity index is 1460. The molecule has 1 aliphatic heterocycles. The number of anilines is 2. The maximum absolute atomic E-state index is 13.2. The summed E-state index contributed by atoms with van der Waals surface area (Å²) in [5, 5.41) is 2.51. The number of aromatic nitrogens is 3. The summed E-state index contributed by atoms with van der Waals surface area (Å²) in [7, 11) is -0.637. The molecule has 2 aromatic heterocycles. The first kappa shape index (κ1) is 27.9. The number of nitrogens with one attached hydrogen (secondary N) is 1. The number of fused-ring (bicyclic) bond motifs is 1. The first-order chi connectivity index (χ1) is 18.1. The molecule has 11 nitrogen and oxygen atoms in total. The first-order valence-corrected chi connectivity index (χ1v) is 13.9. The topological polar surface area (TPSA) is 146 Å². The van der Waals surface area contributed by atoms with E-state index in [0.29, 0.717) is 30.0 Å². The van der Waals surface area contributed by atoms with Crippen molar-refractivity contribution in [2.75, 3.05) is 26.1 Å². The number of hydrogen-bond donors (Lipinski definition) is 2. The molecule has 0 spiro atoms. The number of carbonyl (C=O) groups is 1. The van der Waals surface area contributed by atoms with Gasteiger partial charge in [0.05, 0.1) is 22.0 Å². The molecule has 202 valence electrons. The number of primary amides is 1. The van der Waals surface area contributed by atoms with Crippen molar-refractivity contribution in [1.29, 1.82) is 0 Å². The molecule has 0 saturated carbocycles. The van der Waals surface area contributed by atoms with E-state index < -0.39 is 31.9 Å². The zero-order valence-electron chi connectivity index (χ0n) is 21.5. The molecule has 1 atom stereocenters. The summed E-state index contributed by atoms with van der Waals surface area (Å²) in [5.74, 6) is 0.541. The SMILES string of the molecule is COC(OC)c1ccc2c(n1)[N+](C(N)=O)(c1ncc(Cl)c(Nc3ccccc3S(=O)(=O)C(C)C)n1)CCC2. The maximum Gasteiger partial charge on any atom is 0.428 e. The van der Waals surface area contributed by atoms with Crippen LogP contribution in [0.3, 0.4) is 0 Å². The lowest BCUT2D eigenvalue weighted by Crippen LogP contribution is -2.57. The third-order valence-electron chi connectivity index (χ3n) is 6.46. The van der Waals surface area contributed by atoms with E-state index in [9.17, 15) is 13.2 Å². The number of methoxy groups -OCH3 is 2. The molecule has 0 fully saturated rings. The minimum absolute atomic E-state index is 0.0468. The number of quaternary nitrogens is 1. The second-order valence-corrected chi connectivity index (χ2v) is 12.0. The Balaban J connectivity index is 1.86. The Morgan fingerprint density at radius 1 is 1.13 bits per heavy atom. The van der Waals surface area contributed by atoms with Crippen LogP contribution in [0.15, 0.2) is 47.5 Å². The number of nitrogens with zero attached hydrogens (tertiary/aromatic N) is 4. The van der Waals surface area contributed by atoms with Crippen LogP contribution < -0.4 is 15.5 Å². The Labute approximate surface area is 226 Å². The number of benzene rings is 1. The number of sulfone groups is 1. The monoisotopic (exact) mass is 561 g/mol. The minimum Gasteiger partial charge on any atom is -0.350 e. The van der Waals surface area contributed by atoms with Crippen LogP contribution in [-0.4, -0.2) is 55.4 Å². The van der Waals surface area contributed by atoms with Gasteiger partial charge < -0.3 is 20.5 Å². The fourth-order valence-corrected chi connectivity index (χ4v) is 5.78. The van der Waals surface area contributed by atoms with E-state index in [0.717, 1.165) is 5.56 Å². The number of hydrogen-bond acceptors (Lipinski definition) is 9. The second-order valence-electron chi connectivity index (χ2n) is 9.08. The summed E-state index contributed by atoms with van der Waals surface area (Å²) < 4.78 is 36.1. The largest absolute Gasteiger partial charge is 0.428 e. The van der Waals surface area contributed by atoms with Crippen molar-refractivity contribution in [3.8, 4) is 0 Å². The van der Waals surface area contributed by atoms with Gasteiger partial charge in [-0.3, -0.25) is 0 Å². The predicted molar refractivity (Wildman–Crippen MR) is 144 cm³/mol. The molecule has 2 amide bonds. The van der Waals surface area contributed by atoms with Gasteiger partial charge >= 0.3 is 12.0 Å². The van der Waals surface area contributed by atoms with Crippen LogP contribution in [-0.2, 0) is 25.7 Å². The molecule has 38 heavy (non-hydrogen) atoms. The summed E-state index contributed by atoms with van der Waals surface area (Å²) >= 11 is 6.44. The van der Waals surface area contributed by atoms with Crippen molar-refractivity contribution in [2.45, 2.75) is 43.1 Å². The Kier molecular flexibility index (Phi) is 8.00. The van der Waals surface area contributed by atoms with Gasteiger partial charge in [0.15, 0.2) is 15.7 Å². The van der Waals surface area contributed by atoms with E-state index >= 15 is 0 Å². The number of para-hydroxylation sites is 1. The summed E-state index contributed by atoms with van der Waals surface area (Å²) in [6.45, 7) is 3.48. The summed E-state index contributed by atoms with van der Waals surface area (Å²) in [4.78, 5) is 26.9. The van der Waals surface area contributed by atoms with E-state index in [2.05, 4.69) is 15.3 Å². The van der Waals surface area contributed by atoms with Gasteiger partial charge in [-0.25, -0.2) is 13.2 Å². The third kappa shape index (κ3) is 4.85. The second kappa shape index (κ2) is 10.9. The third-order valence-corrected chi connectivity index (χ3v) is 8.95. The molecule has 1 aromatic carbocycles. The van der Waals surface area contributed by atoms with Crippen molar-refractivity contribution < 1.29 is 22.7 Å². The number of aryl methyl sites for hydroxylation is 1. The number of carbonyl (C=O) groups excluding carboxylic acids is 1. The summed E-state index contributed by atoms with van der Waals surface area (Å²) in [5.41, 5.74) is 7.58. The molecule has 0 bridgehead atoms. The molecule has 1 aliphatic rings. The van der Waals surface area contributed by atoms with Gasteiger partial charge in [0.2, 0.25) is 12.1 Å². The van der Waals surface area contributed by atoms with Crippen molar-refractivity contribution in [2.24, 2.45) is 5.73 Å². The standard InChI is InChI=1S/C25H29ClN6O5S/c1-15(2)38(34,35)20-10-6-5-9-18(20)29-21-17(26)14-28-25(31-21)32(24(27)33)13-7-8-16-11-12-19(30-22(16)32)23(36-3)37-4/h5-6,9-12,14-15,23H,7-8,13H2,1-4H3,(H2-,27,28,29,31,33)/p+1. The highest BCUT2D eigenvalue weighted by molar-refractivity contribution is 7.92. The van der Waals surface area contributed by atoms with Gasteiger partial charge in [0.25, 0.3) is 0 Å². The number of rotatable bonds is 8. The Morgan fingerprint density at radius 3 is 2.50 bits per heavy atom. The molecule has 4 rings (SSSR count). The zero-order valence-corrected chi connectivity index (χ0v) is 23.1. The van der Waals surface area contributed by atoms with Gasteiger partial charge in [-0.15, -0.1) is 4.48 Å². The van der Waals surface area contributed by atoms with Crippen LogP contribution in [0, 0.1) is 0 Å². The van der Waals surface area contributed by atoms with E-state index in [1.807, 2.05) is 6.07 Å².